The molecular weight excluding hydrogens is 304 g/mol. The Hall–Kier alpha value is -3.26. The van der Waals surface area contributed by atoms with Gasteiger partial charge < -0.3 is 14.8 Å². The molecule has 0 unspecified atom stereocenters. The van der Waals surface area contributed by atoms with Crippen LogP contribution in [0.3, 0.4) is 0 Å². The standard InChI is InChI=1S/C19H18N2O3/c1-23-17-9-16(10-18(11-17)24-2)7-8-19(22)21-13-15-5-3-14(12-20)4-6-15/h3-11H,13H2,1-2H3,(H,21,22)/b8-7+. The number of nitrogens with zero attached hydrogens (tertiary/aromatic N) is 1. The minimum atomic E-state index is -0.207. The molecule has 122 valence electrons. The molecule has 0 aliphatic heterocycles. The summed E-state index contributed by atoms with van der Waals surface area (Å²) in [6.45, 7) is 0.399. The van der Waals surface area contributed by atoms with Crippen molar-refractivity contribution in [1.82, 2.24) is 5.32 Å². The molecule has 5 heteroatoms. The number of benzene rings is 2. The lowest BCUT2D eigenvalue weighted by atomic mass is 10.1. The summed E-state index contributed by atoms with van der Waals surface area (Å²) in [4.78, 5) is 11.9. The van der Waals surface area contributed by atoms with Crippen molar-refractivity contribution in [1.29, 1.82) is 5.26 Å². The van der Waals surface area contributed by atoms with Gasteiger partial charge in [0.15, 0.2) is 0 Å². The number of methoxy groups -OCH3 is 2. The third-order valence-electron chi connectivity index (χ3n) is 3.35. The van der Waals surface area contributed by atoms with Gasteiger partial charge in [0.05, 0.1) is 25.9 Å². The molecule has 0 aliphatic carbocycles. The maximum absolute atomic E-state index is 11.9. The highest BCUT2D eigenvalue weighted by molar-refractivity contribution is 5.91. The summed E-state index contributed by atoms with van der Waals surface area (Å²) in [6.07, 6.45) is 3.15. The molecular formula is C19H18N2O3. The topological polar surface area (TPSA) is 71.3 Å². The van der Waals surface area contributed by atoms with Crippen LogP contribution in [0.5, 0.6) is 11.5 Å². The summed E-state index contributed by atoms with van der Waals surface area (Å²) in [7, 11) is 3.15. The van der Waals surface area contributed by atoms with Crippen LogP contribution in [-0.2, 0) is 11.3 Å². The zero-order valence-corrected chi connectivity index (χ0v) is 13.6. The van der Waals surface area contributed by atoms with E-state index in [0.29, 0.717) is 23.6 Å². The molecule has 1 N–H and O–H groups in total. The van der Waals surface area contributed by atoms with E-state index in [1.807, 2.05) is 24.3 Å². The first-order valence-corrected chi connectivity index (χ1v) is 7.32. The Morgan fingerprint density at radius 2 is 1.75 bits per heavy atom. The summed E-state index contributed by atoms with van der Waals surface area (Å²) in [6, 6.07) is 14.5. The predicted molar refractivity (Wildman–Crippen MR) is 91.6 cm³/mol. The fourth-order valence-electron chi connectivity index (χ4n) is 2.04. The van der Waals surface area contributed by atoms with Gasteiger partial charge in [-0.15, -0.1) is 0 Å². The molecule has 24 heavy (non-hydrogen) atoms. The molecule has 5 nitrogen and oxygen atoms in total. The third kappa shape index (κ3) is 4.89. The average molecular weight is 322 g/mol. The summed E-state index contributed by atoms with van der Waals surface area (Å²) < 4.78 is 10.4. The van der Waals surface area contributed by atoms with Gasteiger partial charge in [-0.3, -0.25) is 4.79 Å². The smallest absolute Gasteiger partial charge is 0.244 e. The van der Waals surface area contributed by atoms with Gasteiger partial charge in [-0.25, -0.2) is 0 Å². The van der Waals surface area contributed by atoms with Gasteiger partial charge in [-0.05, 0) is 41.5 Å². The van der Waals surface area contributed by atoms with E-state index in [1.165, 1.54) is 6.08 Å². The Labute approximate surface area is 141 Å². The van der Waals surface area contributed by atoms with Gasteiger partial charge in [0, 0.05) is 18.7 Å². The lowest BCUT2D eigenvalue weighted by molar-refractivity contribution is -0.116. The highest BCUT2D eigenvalue weighted by Crippen LogP contribution is 2.23. The normalized spacial score (nSPS) is 10.2. The van der Waals surface area contributed by atoms with Crippen molar-refractivity contribution in [2.24, 2.45) is 0 Å². The first kappa shape index (κ1) is 17.1. The van der Waals surface area contributed by atoms with Crippen LogP contribution in [0, 0.1) is 11.3 Å². The van der Waals surface area contributed by atoms with E-state index in [9.17, 15) is 4.79 Å². The minimum Gasteiger partial charge on any atom is -0.497 e. The van der Waals surface area contributed by atoms with Crippen molar-refractivity contribution in [2.45, 2.75) is 6.54 Å². The molecule has 0 spiro atoms. The molecule has 0 aliphatic rings. The molecule has 2 aromatic rings. The lowest BCUT2D eigenvalue weighted by Gasteiger charge is -2.06. The van der Waals surface area contributed by atoms with E-state index in [0.717, 1.165) is 11.1 Å². The number of amides is 1. The Kier molecular flexibility index (Phi) is 5.98. The Morgan fingerprint density at radius 1 is 1.12 bits per heavy atom. The zero-order chi connectivity index (χ0) is 17.4. The summed E-state index contributed by atoms with van der Waals surface area (Å²) in [5.41, 5.74) is 2.33. The Bertz CT molecular complexity index is 752. The van der Waals surface area contributed by atoms with Gasteiger partial charge in [-0.1, -0.05) is 12.1 Å². The van der Waals surface area contributed by atoms with Crippen molar-refractivity contribution in [3.8, 4) is 17.6 Å². The largest absolute Gasteiger partial charge is 0.497 e. The van der Waals surface area contributed by atoms with Crippen LogP contribution in [0.15, 0.2) is 48.5 Å². The molecule has 0 fully saturated rings. The van der Waals surface area contributed by atoms with Gasteiger partial charge in [0.25, 0.3) is 0 Å². The highest BCUT2D eigenvalue weighted by Gasteiger charge is 2.01. The van der Waals surface area contributed by atoms with E-state index in [4.69, 9.17) is 14.7 Å². The van der Waals surface area contributed by atoms with Crippen LogP contribution in [-0.4, -0.2) is 20.1 Å². The third-order valence-corrected chi connectivity index (χ3v) is 3.35. The quantitative estimate of drug-likeness (QED) is 0.830. The molecule has 0 saturated heterocycles. The molecule has 0 aromatic heterocycles. The van der Waals surface area contributed by atoms with Crippen molar-refractivity contribution in [2.75, 3.05) is 14.2 Å². The van der Waals surface area contributed by atoms with Crippen molar-refractivity contribution < 1.29 is 14.3 Å². The molecule has 1 amide bonds. The van der Waals surface area contributed by atoms with Gasteiger partial charge in [0.1, 0.15) is 11.5 Å². The second-order valence-corrected chi connectivity index (χ2v) is 5.01. The minimum absolute atomic E-state index is 0.207. The van der Waals surface area contributed by atoms with Crippen LogP contribution < -0.4 is 14.8 Å². The second kappa shape index (κ2) is 8.39. The van der Waals surface area contributed by atoms with Gasteiger partial charge >= 0.3 is 0 Å². The molecule has 2 aromatic carbocycles. The Balaban J connectivity index is 1.96. The van der Waals surface area contributed by atoms with Crippen LogP contribution in [0.4, 0.5) is 0 Å². The number of carbonyl (C=O) groups excluding carboxylic acids is 1. The van der Waals surface area contributed by atoms with Crippen LogP contribution in [0.2, 0.25) is 0 Å². The lowest BCUT2D eigenvalue weighted by Crippen LogP contribution is -2.20. The van der Waals surface area contributed by atoms with Crippen molar-refractivity contribution >= 4 is 12.0 Å². The van der Waals surface area contributed by atoms with Gasteiger partial charge in [0.2, 0.25) is 5.91 Å². The highest BCUT2D eigenvalue weighted by atomic mass is 16.5. The number of carbonyl (C=O) groups is 1. The fraction of sp³-hybridized carbons (Fsp3) is 0.158. The second-order valence-electron chi connectivity index (χ2n) is 5.01. The zero-order valence-electron chi connectivity index (χ0n) is 13.6. The van der Waals surface area contributed by atoms with Crippen molar-refractivity contribution in [3.63, 3.8) is 0 Å². The number of nitriles is 1. The molecule has 0 saturated carbocycles. The number of rotatable bonds is 6. The Morgan fingerprint density at radius 3 is 2.29 bits per heavy atom. The SMILES string of the molecule is COc1cc(/C=C/C(=O)NCc2ccc(C#N)cc2)cc(OC)c1. The molecule has 0 atom stereocenters. The van der Waals surface area contributed by atoms with E-state index in [-0.39, 0.29) is 5.91 Å². The first-order chi connectivity index (χ1) is 11.6. The first-order valence-electron chi connectivity index (χ1n) is 7.32. The monoisotopic (exact) mass is 322 g/mol. The maximum atomic E-state index is 11.9. The number of hydrogen-bond acceptors (Lipinski definition) is 4. The van der Waals surface area contributed by atoms with E-state index < -0.39 is 0 Å². The average Bonchev–Trinajstić information content (AvgIpc) is 2.64. The molecule has 2 rings (SSSR count). The van der Waals surface area contributed by atoms with E-state index in [1.54, 1.807) is 38.5 Å². The summed E-state index contributed by atoms with van der Waals surface area (Å²) in [5, 5.41) is 11.5. The number of hydrogen-bond donors (Lipinski definition) is 1. The fourth-order valence-corrected chi connectivity index (χ4v) is 2.04. The number of nitrogens with one attached hydrogen (secondary N) is 1. The van der Waals surface area contributed by atoms with E-state index >= 15 is 0 Å². The summed E-state index contributed by atoms with van der Waals surface area (Å²) >= 11 is 0. The molecule has 0 heterocycles. The van der Waals surface area contributed by atoms with Crippen LogP contribution in [0.25, 0.3) is 6.08 Å². The van der Waals surface area contributed by atoms with E-state index in [2.05, 4.69) is 11.4 Å². The van der Waals surface area contributed by atoms with Crippen molar-refractivity contribution in [3.05, 3.63) is 65.2 Å². The molecule has 0 bridgehead atoms. The van der Waals surface area contributed by atoms with Crippen LogP contribution in [0.1, 0.15) is 16.7 Å². The summed E-state index contributed by atoms with van der Waals surface area (Å²) in [5.74, 6) is 1.11. The van der Waals surface area contributed by atoms with Gasteiger partial charge in [-0.2, -0.15) is 5.26 Å². The maximum Gasteiger partial charge on any atom is 0.244 e. The number of ether oxygens (including phenoxy) is 2. The van der Waals surface area contributed by atoms with Crippen LogP contribution >= 0.6 is 0 Å². The predicted octanol–water partition coefficient (Wildman–Crippen LogP) is 2.91. The molecule has 0 radical (unpaired) electrons.